The molecule has 6 rings (SSSR count). The predicted molar refractivity (Wildman–Crippen MR) is 120 cm³/mol. The minimum Gasteiger partial charge on any atom is -0.349 e. The minimum absolute atomic E-state index is 0.306. The average Bonchev–Trinajstić information content (AvgIpc) is 3.38. The minimum atomic E-state index is 0.306. The summed E-state index contributed by atoms with van der Waals surface area (Å²) in [6.07, 6.45) is 10.3. The summed E-state index contributed by atoms with van der Waals surface area (Å²) in [5, 5.41) is 6.18. The monoisotopic (exact) mass is 421 g/mol. The van der Waals surface area contributed by atoms with Crippen molar-refractivity contribution in [2.45, 2.75) is 50.7 Å². The molecule has 3 N–H and O–H groups in total. The second kappa shape index (κ2) is 6.43. The molecule has 3 atom stereocenters. The van der Waals surface area contributed by atoms with Crippen molar-refractivity contribution in [3.8, 4) is 11.1 Å². The molecule has 2 fully saturated rings. The molecule has 1 aromatic carbocycles. The molecule has 3 aromatic heterocycles. The third-order valence-electron chi connectivity index (χ3n) is 6.73. The first-order valence-electron chi connectivity index (χ1n) is 10.5. The topological polar surface area (TPSA) is 88.6 Å². The molecule has 0 saturated carbocycles. The van der Waals surface area contributed by atoms with Crippen LogP contribution in [-0.4, -0.2) is 42.9 Å². The molecule has 2 saturated heterocycles. The van der Waals surface area contributed by atoms with Gasteiger partial charge in [-0.2, -0.15) is 5.10 Å². The second-order valence-corrected chi connectivity index (χ2v) is 9.15. The van der Waals surface area contributed by atoms with Gasteiger partial charge in [0.1, 0.15) is 11.3 Å². The van der Waals surface area contributed by atoms with Crippen LogP contribution in [0.5, 0.6) is 0 Å². The smallest absolute Gasteiger partial charge is 0.159 e. The highest BCUT2D eigenvalue weighted by Gasteiger charge is 2.40. The Morgan fingerprint density at radius 2 is 1.93 bits per heavy atom. The molecule has 2 aliphatic heterocycles. The van der Waals surface area contributed by atoms with Crippen LogP contribution in [0.2, 0.25) is 5.02 Å². The van der Waals surface area contributed by atoms with Crippen LogP contribution in [0.3, 0.4) is 0 Å². The van der Waals surface area contributed by atoms with Gasteiger partial charge in [0.05, 0.1) is 16.7 Å². The number of H-pyrrole nitrogens is 1. The Morgan fingerprint density at radius 1 is 1.17 bits per heavy atom. The zero-order valence-electron chi connectivity index (χ0n) is 17.1. The molecule has 5 heterocycles. The van der Waals surface area contributed by atoms with Gasteiger partial charge in [0.2, 0.25) is 0 Å². The summed E-state index contributed by atoms with van der Waals surface area (Å²) in [6.45, 7) is 2.06. The van der Waals surface area contributed by atoms with E-state index >= 15 is 0 Å². The number of hydrogen-bond acceptors (Lipinski definition) is 5. The Kier molecular flexibility index (Phi) is 3.89. The van der Waals surface area contributed by atoms with E-state index in [2.05, 4.69) is 28.0 Å². The van der Waals surface area contributed by atoms with Gasteiger partial charge in [-0.3, -0.25) is 4.68 Å². The first kappa shape index (κ1) is 18.2. The van der Waals surface area contributed by atoms with Crippen molar-refractivity contribution in [1.82, 2.24) is 24.7 Å². The van der Waals surface area contributed by atoms with E-state index in [-0.39, 0.29) is 0 Å². The molecule has 0 amide bonds. The van der Waals surface area contributed by atoms with E-state index in [1.165, 1.54) is 12.8 Å². The highest BCUT2D eigenvalue weighted by molar-refractivity contribution is 6.38. The molecule has 0 radical (unpaired) electrons. The van der Waals surface area contributed by atoms with E-state index in [4.69, 9.17) is 27.3 Å². The van der Waals surface area contributed by atoms with Gasteiger partial charge in [0.15, 0.2) is 5.65 Å². The van der Waals surface area contributed by atoms with Crippen molar-refractivity contribution in [1.29, 1.82) is 0 Å². The van der Waals surface area contributed by atoms with Gasteiger partial charge in [-0.15, -0.1) is 0 Å². The van der Waals surface area contributed by atoms with Crippen molar-refractivity contribution in [2.75, 3.05) is 4.90 Å². The fourth-order valence-electron chi connectivity index (χ4n) is 5.44. The Labute approximate surface area is 179 Å². The maximum absolute atomic E-state index is 6.80. The van der Waals surface area contributed by atoms with E-state index in [1.807, 2.05) is 25.6 Å². The quantitative estimate of drug-likeness (QED) is 0.512. The van der Waals surface area contributed by atoms with Crippen molar-refractivity contribution >= 4 is 39.5 Å². The molecule has 8 heteroatoms. The molecule has 154 valence electrons. The van der Waals surface area contributed by atoms with Gasteiger partial charge in [-0.05, 0) is 44.2 Å². The van der Waals surface area contributed by atoms with Crippen molar-refractivity contribution in [3.63, 3.8) is 0 Å². The summed E-state index contributed by atoms with van der Waals surface area (Å²) in [4.78, 5) is 15.5. The molecule has 2 bridgehead atoms. The maximum atomic E-state index is 6.80. The van der Waals surface area contributed by atoms with Gasteiger partial charge < -0.3 is 15.6 Å². The van der Waals surface area contributed by atoms with Crippen LogP contribution in [0.25, 0.3) is 33.2 Å². The molecule has 30 heavy (non-hydrogen) atoms. The summed E-state index contributed by atoms with van der Waals surface area (Å²) >= 11 is 6.80. The number of nitrogens with two attached hydrogens (primary N) is 1. The Balaban J connectivity index is 1.44. The van der Waals surface area contributed by atoms with Crippen LogP contribution in [0.15, 0.2) is 24.7 Å². The van der Waals surface area contributed by atoms with E-state index in [0.717, 1.165) is 57.4 Å². The van der Waals surface area contributed by atoms with Crippen LogP contribution in [0, 0.1) is 6.92 Å². The number of aryl methyl sites for hydroxylation is 2. The first-order chi connectivity index (χ1) is 14.5. The summed E-state index contributed by atoms with van der Waals surface area (Å²) in [6, 6.07) is 3.35. The number of nitrogens with zero attached hydrogens (tertiary/aromatic N) is 5. The van der Waals surface area contributed by atoms with Crippen LogP contribution < -0.4 is 10.6 Å². The Hall–Kier alpha value is -2.64. The maximum Gasteiger partial charge on any atom is 0.159 e. The van der Waals surface area contributed by atoms with Gasteiger partial charge in [0, 0.05) is 54.1 Å². The van der Waals surface area contributed by atoms with Crippen LogP contribution in [0.1, 0.15) is 31.2 Å². The van der Waals surface area contributed by atoms with E-state index in [0.29, 0.717) is 23.1 Å². The number of halogens is 1. The van der Waals surface area contributed by atoms with E-state index < -0.39 is 0 Å². The fraction of sp³-hybridized carbons (Fsp3) is 0.409. The second-order valence-electron chi connectivity index (χ2n) is 8.77. The third kappa shape index (κ3) is 2.58. The number of hydrogen-bond donors (Lipinski definition) is 2. The first-order valence-corrected chi connectivity index (χ1v) is 10.9. The predicted octanol–water partition coefficient (Wildman–Crippen LogP) is 3.93. The third-order valence-corrected chi connectivity index (χ3v) is 7.14. The largest absolute Gasteiger partial charge is 0.349 e. The SMILES string of the molecule is Cc1cc(-c2c[nH]c3nc(N4[C@@H]5CC[C@H]4CC(N)C5)cnc23)c(Cl)c2cn(C)nc12. The molecule has 7 nitrogen and oxygen atoms in total. The van der Waals surface area contributed by atoms with E-state index in [1.54, 1.807) is 4.68 Å². The summed E-state index contributed by atoms with van der Waals surface area (Å²) in [5.41, 5.74) is 11.8. The number of nitrogens with one attached hydrogen (secondary N) is 1. The lowest BCUT2D eigenvalue weighted by molar-refractivity contribution is 0.412. The van der Waals surface area contributed by atoms with Crippen LogP contribution >= 0.6 is 11.6 Å². The zero-order valence-corrected chi connectivity index (χ0v) is 17.8. The Bertz CT molecular complexity index is 1280. The Morgan fingerprint density at radius 3 is 2.70 bits per heavy atom. The molecule has 4 aromatic rings. The number of anilines is 1. The van der Waals surface area contributed by atoms with Gasteiger partial charge in [-0.25, -0.2) is 9.97 Å². The lowest BCUT2D eigenvalue weighted by atomic mass is 9.98. The standard InChI is InChI=1S/C22H24ClN7/c1-11-5-15(19(23)17-10-29(2)28-20(11)17)16-8-26-22-21(16)25-9-18(27-22)30-13-3-4-14(30)7-12(24)6-13/h5,8-10,12-14H,3-4,6-7,24H2,1-2H3,(H,26,27)/t12?,13-,14+. The molecule has 1 unspecified atom stereocenters. The normalized spacial score (nSPS) is 23.7. The number of rotatable bonds is 2. The molecular weight excluding hydrogens is 398 g/mol. The average molecular weight is 422 g/mol. The number of fused-ring (bicyclic) bond motifs is 4. The number of aromatic nitrogens is 5. The lowest BCUT2D eigenvalue weighted by Crippen LogP contribution is -2.47. The molecule has 0 spiro atoms. The highest BCUT2D eigenvalue weighted by atomic mass is 35.5. The number of benzene rings is 1. The molecular formula is C22H24ClN7. The summed E-state index contributed by atoms with van der Waals surface area (Å²) in [5.74, 6) is 0.945. The lowest BCUT2D eigenvalue weighted by Gasteiger charge is -2.38. The van der Waals surface area contributed by atoms with Gasteiger partial charge in [0.25, 0.3) is 0 Å². The highest BCUT2D eigenvalue weighted by Crippen LogP contribution is 2.40. The summed E-state index contributed by atoms with van der Waals surface area (Å²) in [7, 11) is 1.91. The molecule has 0 aliphatic carbocycles. The van der Waals surface area contributed by atoms with E-state index in [9.17, 15) is 0 Å². The van der Waals surface area contributed by atoms with Gasteiger partial charge in [-0.1, -0.05) is 11.6 Å². The van der Waals surface area contributed by atoms with Gasteiger partial charge >= 0.3 is 0 Å². The van der Waals surface area contributed by atoms with Crippen molar-refractivity contribution < 1.29 is 0 Å². The summed E-state index contributed by atoms with van der Waals surface area (Å²) < 4.78 is 1.80. The van der Waals surface area contributed by atoms with Crippen LogP contribution in [0.4, 0.5) is 5.82 Å². The fourth-order valence-corrected chi connectivity index (χ4v) is 5.73. The number of aromatic amines is 1. The molecule has 2 aliphatic rings. The van der Waals surface area contributed by atoms with Crippen LogP contribution in [-0.2, 0) is 7.05 Å². The zero-order chi connectivity index (χ0) is 20.6. The van der Waals surface area contributed by atoms with Crippen molar-refractivity contribution in [3.05, 3.63) is 35.2 Å². The van der Waals surface area contributed by atoms with Crippen molar-refractivity contribution in [2.24, 2.45) is 12.8 Å². The number of piperidine rings is 1.